The zero-order valence-electron chi connectivity index (χ0n) is 18.4. The standard InChI is InChI=1S/C24H28N2O7/c1-2-3-4-10-5-12(9-25)19(28)17-14(10)7-11-6-13-8-15(27)18(23(26)32)22(31)24(13,33)21(30)16(11)20(17)29/h5,11,13,28-29,31,33H,2-4,6-9,25H2,1H3,(H2,26,32). The van der Waals surface area contributed by atoms with E-state index in [1.807, 2.05) is 13.0 Å². The van der Waals surface area contributed by atoms with Crippen molar-refractivity contribution in [3.63, 3.8) is 0 Å². The zero-order chi connectivity index (χ0) is 24.2. The first-order valence-electron chi connectivity index (χ1n) is 11.1. The van der Waals surface area contributed by atoms with Crippen LogP contribution in [0.4, 0.5) is 0 Å². The number of nitrogens with two attached hydrogens (primary N) is 2. The molecule has 33 heavy (non-hydrogen) atoms. The van der Waals surface area contributed by atoms with Gasteiger partial charge in [-0.1, -0.05) is 19.4 Å². The maximum atomic E-state index is 13.5. The van der Waals surface area contributed by atoms with Crippen LogP contribution in [0.5, 0.6) is 5.75 Å². The summed E-state index contributed by atoms with van der Waals surface area (Å²) in [4.78, 5) is 37.6. The lowest BCUT2D eigenvalue weighted by Gasteiger charge is -2.46. The van der Waals surface area contributed by atoms with Crippen molar-refractivity contribution in [3.05, 3.63) is 45.2 Å². The van der Waals surface area contributed by atoms with Gasteiger partial charge in [-0.25, -0.2) is 0 Å². The number of phenolic OH excluding ortho intramolecular Hbond substituents is 1. The van der Waals surface area contributed by atoms with Crippen molar-refractivity contribution in [2.45, 2.75) is 57.6 Å². The molecule has 1 amide bonds. The highest BCUT2D eigenvalue weighted by atomic mass is 16.3. The zero-order valence-corrected chi connectivity index (χ0v) is 18.4. The van der Waals surface area contributed by atoms with E-state index < -0.39 is 52.0 Å². The van der Waals surface area contributed by atoms with E-state index in [9.17, 15) is 34.8 Å². The second-order valence-corrected chi connectivity index (χ2v) is 9.11. The van der Waals surface area contributed by atoms with E-state index in [2.05, 4.69) is 0 Å². The summed E-state index contributed by atoms with van der Waals surface area (Å²) >= 11 is 0. The number of Topliss-reactive ketones (excluding diaryl/α,β-unsaturated/α-hetero) is 2. The molecule has 3 aliphatic rings. The molecule has 0 aliphatic heterocycles. The summed E-state index contributed by atoms with van der Waals surface area (Å²) in [6.07, 6.45) is 2.62. The number of aromatic hydroxyl groups is 1. The Morgan fingerprint density at radius 1 is 1.18 bits per heavy atom. The summed E-state index contributed by atoms with van der Waals surface area (Å²) in [6.45, 7) is 2.07. The lowest BCUT2D eigenvalue weighted by Crippen LogP contribution is -2.58. The number of aliphatic hydroxyl groups is 3. The van der Waals surface area contributed by atoms with Crippen LogP contribution in [0.1, 0.15) is 54.9 Å². The second kappa shape index (κ2) is 8.00. The van der Waals surface area contributed by atoms with Crippen molar-refractivity contribution < 1.29 is 34.8 Å². The van der Waals surface area contributed by atoms with Crippen molar-refractivity contribution >= 4 is 23.2 Å². The molecule has 0 aromatic heterocycles. The Hall–Kier alpha value is -3.17. The van der Waals surface area contributed by atoms with Crippen LogP contribution < -0.4 is 11.5 Å². The molecule has 8 N–H and O–H groups in total. The van der Waals surface area contributed by atoms with Crippen LogP contribution in [0.3, 0.4) is 0 Å². The Kier molecular flexibility index (Phi) is 5.58. The number of carbonyl (C=O) groups excluding carboxylic acids is 3. The van der Waals surface area contributed by atoms with E-state index in [4.69, 9.17) is 11.5 Å². The Labute approximate surface area is 190 Å². The maximum Gasteiger partial charge on any atom is 0.255 e. The third kappa shape index (κ3) is 3.18. The van der Waals surface area contributed by atoms with Gasteiger partial charge in [-0.15, -0.1) is 0 Å². The second-order valence-electron chi connectivity index (χ2n) is 9.11. The van der Waals surface area contributed by atoms with Crippen molar-refractivity contribution in [1.82, 2.24) is 0 Å². The summed E-state index contributed by atoms with van der Waals surface area (Å²) < 4.78 is 0. The highest BCUT2D eigenvalue weighted by Gasteiger charge is 2.60. The maximum absolute atomic E-state index is 13.5. The molecule has 0 radical (unpaired) electrons. The molecule has 4 rings (SSSR count). The molecule has 3 aliphatic carbocycles. The molecule has 3 unspecified atom stereocenters. The third-order valence-corrected chi connectivity index (χ3v) is 7.25. The summed E-state index contributed by atoms with van der Waals surface area (Å²) in [5.74, 6) is -6.25. The van der Waals surface area contributed by atoms with Crippen molar-refractivity contribution in [1.29, 1.82) is 0 Å². The van der Waals surface area contributed by atoms with Gasteiger partial charge in [0.2, 0.25) is 5.78 Å². The van der Waals surface area contributed by atoms with E-state index >= 15 is 0 Å². The summed E-state index contributed by atoms with van der Waals surface area (Å²) in [5, 5.41) is 43.9. The van der Waals surface area contributed by atoms with Gasteiger partial charge < -0.3 is 31.9 Å². The number of benzene rings is 1. The number of aliphatic hydroxyl groups excluding tert-OH is 2. The van der Waals surface area contributed by atoms with Gasteiger partial charge in [0.25, 0.3) is 5.91 Å². The van der Waals surface area contributed by atoms with Gasteiger partial charge in [0.15, 0.2) is 11.4 Å². The minimum atomic E-state index is -2.55. The van der Waals surface area contributed by atoms with Crippen molar-refractivity contribution in [2.24, 2.45) is 23.3 Å². The molecule has 9 heteroatoms. The molecule has 0 spiro atoms. The van der Waals surface area contributed by atoms with Crippen LogP contribution in [-0.2, 0) is 33.8 Å². The largest absolute Gasteiger partial charge is 0.508 e. The van der Waals surface area contributed by atoms with Gasteiger partial charge >= 0.3 is 0 Å². The smallest absolute Gasteiger partial charge is 0.255 e. The van der Waals surface area contributed by atoms with E-state index in [1.165, 1.54) is 0 Å². The number of rotatable bonds is 5. The number of hydrogen-bond donors (Lipinski definition) is 6. The summed E-state index contributed by atoms with van der Waals surface area (Å²) in [6, 6.07) is 1.82. The number of unbranched alkanes of at least 4 members (excludes halogenated alkanes) is 1. The molecule has 176 valence electrons. The number of phenols is 1. The molecule has 1 aromatic rings. The Morgan fingerprint density at radius 2 is 1.88 bits per heavy atom. The van der Waals surface area contributed by atoms with E-state index in [-0.39, 0.29) is 36.3 Å². The monoisotopic (exact) mass is 456 g/mol. The minimum Gasteiger partial charge on any atom is -0.508 e. The molecule has 0 saturated heterocycles. The normalized spacial score (nSPS) is 26.8. The number of amides is 1. The molecular weight excluding hydrogens is 428 g/mol. The number of aryl methyl sites for hydroxylation is 1. The van der Waals surface area contributed by atoms with Crippen LogP contribution in [0, 0.1) is 11.8 Å². The Morgan fingerprint density at radius 3 is 2.48 bits per heavy atom. The molecule has 0 heterocycles. The number of primary amides is 1. The number of carbonyl (C=O) groups is 3. The fourth-order valence-electron chi connectivity index (χ4n) is 5.57. The van der Waals surface area contributed by atoms with Gasteiger partial charge in [-0.05, 0) is 42.7 Å². The van der Waals surface area contributed by atoms with Gasteiger partial charge in [0, 0.05) is 30.0 Å². The quantitative estimate of drug-likeness (QED) is 0.357. The first-order chi connectivity index (χ1) is 15.6. The third-order valence-electron chi connectivity index (χ3n) is 7.25. The Balaban J connectivity index is 1.93. The van der Waals surface area contributed by atoms with Crippen LogP contribution >= 0.6 is 0 Å². The minimum absolute atomic E-state index is 0.0256. The first kappa shape index (κ1) is 23.0. The van der Waals surface area contributed by atoms with E-state index in [0.717, 1.165) is 18.4 Å². The van der Waals surface area contributed by atoms with Gasteiger partial charge in [0.1, 0.15) is 22.8 Å². The molecule has 1 fully saturated rings. The van der Waals surface area contributed by atoms with E-state index in [0.29, 0.717) is 24.0 Å². The van der Waals surface area contributed by atoms with Crippen molar-refractivity contribution in [3.8, 4) is 5.75 Å². The fourth-order valence-corrected chi connectivity index (χ4v) is 5.57. The van der Waals surface area contributed by atoms with Crippen LogP contribution in [0.25, 0.3) is 5.76 Å². The van der Waals surface area contributed by atoms with Gasteiger partial charge in [-0.2, -0.15) is 0 Å². The fraction of sp³-hybridized carbons (Fsp3) is 0.458. The first-order valence-corrected chi connectivity index (χ1v) is 11.1. The topological polar surface area (TPSA) is 184 Å². The number of ketones is 2. The summed E-state index contributed by atoms with van der Waals surface area (Å²) in [5.41, 5.74) is 9.65. The van der Waals surface area contributed by atoms with E-state index in [1.54, 1.807) is 0 Å². The average Bonchev–Trinajstić information content (AvgIpc) is 2.75. The van der Waals surface area contributed by atoms with Crippen LogP contribution in [0.2, 0.25) is 0 Å². The summed E-state index contributed by atoms with van der Waals surface area (Å²) in [7, 11) is 0. The molecule has 1 aromatic carbocycles. The molecular formula is C24H28N2O7. The highest BCUT2D eigenvalue weighted by Crippen LogP contribution is 2.52. The van der Waals surface area contributed by atoms with Gasteiger partial charge in [0.05, 0.1) is 5.56 Å². The lowest BCUT2D eigenvalue weighted by molar-refractivity contribution is -0.147. The van der Waals surface area contributed by atoms with Gasteiger partial charge in [-0.3, -0.25) is 14.4 Å². The predicted molar refractivity (Wildman–Crippen MR) is 118 cm³/mol. The lowest BCUT2D eigenvalue weighted by atomic mass is 9.59. The molecule has 9 nitrogen and oxygen atoms in total. The predicted octanol–water partition coefficient (Wildman–Crippen LogP) is 1.23. The van der Waals surface area contributed by atoms with Crippen LogP contribution in [-0.4, -0.2) is 43.5 Å². The SMILES string of the molecule is CCCCc1cc(CN)c(O)c2c1CC1CC3CC(=O)C(C(N)=O)=C(O)C3(O)C(=O)C1=C2O. The number of fused-ring (bicyclic) bond motifs is 3. The number of hydrogen-bond acceptors (Lipinski definition) is 8. The van der Waals surface area contributed by atoms with Crippen LogP contribution in [0.15, 0.2) is 23.0 Å². The molecule has 3 atom stereocenters. The average molecular weight is 456 g/mol. The molecule has 1 saturated carbocycles. The molecule has 0 bridgehead atoms. The Bertz CT molecular complexity index is 1150. The van der Waals surface area contributed by atoms with Crippen molar-refractivity contribution in [2.75, 3.05) is 0 Å². The highest BCUT2D eigenvalue weighted by molar-refractivity contribution is 6.22.